The Kier molecular flexibility index (Phi) is 4.36. The van der Waals surface area contributed by atoms with E-state index in [0.717, 1.165) is 37.7 Å². The molecule has 1 heterocycles. The first-order valence-corrected chi connectivity index (χ1v) is 10.8. The van der Waals surface area contributed by atoms with E-state index in [4.69, 9.17) is 9.47 Å². The normalized spacial score (nSPS) is 47.7. The van der Waals surface area contributed by atoms with Crippen molar-refractivity contribution < 1.29 is 14.3 Å². The third-order valence-electron chi connectivity index (χ3n) is 8.24. The monoisotopic (exact) mass is 356 g/mol. The molecule has 1 aliphatic heterocycles. The van der Waals surface area contributed by atoms with Gasteiger partial charge in [0, 0.05) is 13.0 Å². The van der Waals surface area contributed by atoms with Crippen molar-refractivity contribution in [3.63, 3.8) is 0 Å². The molecule has 5 rings (SSSR count). The molecular formula is C23H32O3. The summed E-state index contributed by atoms with van der Waals surface area (Å²) in [6.07, 6.45) is 17.4. The van der Waals surface area contributed by atoms with Gasteiger partial charge in [-0.1, -0.05) is 19.1 Å². The Hall–Kier alpha value is -0.930. The minimum absolute atomic E-state index is 0.0304. The number of carbonyl (C=O) groups excluding carboxylic acids is 1. The molecule has 0 aromatic rings. The fourth-order valence-electron chi connectivity index (χ4n) is 6.83. The lowest BCUT2D eigenvalue weighted by atomic mass is 9.54. The average Bonchev–Trinajstić information content (AvgIpc) is 2.98. The van der Waals surface area contributed by atoms with Crippen molar-refractivity contribution in [1.29, 1.82) is 0 Å². The first-order valence-electron chi connectivity index (χ1n) is 10.8. The molecule has 3 fully saturated rings. The van der Waals surface area contributed by atoms with Gasteiger partial charge in [-0.25, -0.2) is 0 Å². The Balaban J connectivity index is 1.35. The largest absolute Gasteiger partial charge is 0.353 e. The number of hydrogen-bond donors (Lipinski definition) is 0. The van der Waals surface area contributed by atoms with E-state index in [1.807, 2.05) is 6.08 Å². The van der Waals surface area contributed by atoms with Crippen LogP contribution in [0.2, 0.25) is 0 Å². The van der Waals surface area contributed by atoms with Crippen molar-refractivity contribution >= 4 is 5.78 Å². The van der Waals surface area contributed by atoms with Crippen LogP contribution in [-0.4, -0.2) is 24.8 Å². The van der Waals surface area contributed by atoms with Gasteiger partial charge in [-0.2, -0.15) is 0 Å². The molecule has 2 saturated carbocycles. The van der Waals surface area contributed by atoms with Crippen LogP contribution in [0.3, 0.4) is 0 Å². The first kappa shape index (κ1) is 17.2. The van der Waals surface area contributed by atoms with E-state index in [9.17, 15) is 4.79 Å². The van der Waals surface area contributed by atoms with Crippen molar-refractivity contribution in [2.75, 3.05) is 6.61 Å². The van der Waals surface area contributed by atoms with Crippen LogP contribution in [-0.2, 0) is 14.3 Å². The summed E-state index contributed by atoms with van der Waals surface area (Å²) < 4.78 is 12.4. The van der Waals surface area contributed by atoms with E-state index < -0.39 is 0 Å². The predicted molar refractivity (Wildman–Crippen MR) is 100 cm³/mol. The fourth-order valence-corrected chi connectivity index (χ4v) is 6.83. The van der Waals surface area contributed by atoms with Gasteiger partial charge in [0.2, 0.25) is 0 Å². The van der Waals surface area contributed by atoms with Gasteiger partial charge in [0.15, 0.2) is 12.1 Å². The summed E-state index contributed by atoms with van der Waals surface area (Å²) in [6.45, 7) is 3.35. The number of ketones is 1. The van der Waals surface area contributed by atoms with Gasteiger partial charge < -0.3 is 9.47 Å². The summed E-state index contributed by atoms with van der Waals surface area (Å²) in [5.41, 5.74) is 1.60. The highest BCUT2D eigenvalue weighted by molar-refractivity contribution is 5.91. The molecule has 1 unspecified atom stereocenters. The van der Waals surface area contributed by atoms with Crippen molar-refractivity contribution in [1.82, 2.24) is 0 Å². The Morgan fingerprint density at radius 2 is 2.08 bits per heavy atom. The third-order valence-corrected chi connectivity index (χ3v) is 8.24. The number of rotatable bonds is 2. The summed E-state index contributed by atoms with van der Waals surface area (Å²) in [7, 11) is 0. The molecule has 26 heavy (non-hydrogen) atoms. The Morgan fingerprint density at radius 3 is 2.92 bits per heavy atom. The zero-order valence-electron chi connectivity index (χ0n) is 16.0. The second-order valence-corrected chi connectivity index (χ2v) is 9.51. The molecule has 0 aromatic heterocycles. The van der Waals surface area contributed by atoms with Crippen LogP contribution < -0.4 is 0 Å². The van der Waals surface area contributed by atoms with E-state index in [-0.39, 0.29) is 11.7 Å². The summed E-state index contributed by atoms with van der Waals surface area (Å²) in [5.74, 6) is 3.08. The molecule has 0 aromatic carbocycles. The summed E-state index contributed by atoms with van der Waals surface area (Å²) in [6, 6.07) is 0. The number of ether oxygens (including phenoxy) is 2. The van der Waals surface area contributed by atoms with Gasteiger partial charge in [-0.15, -0.1) is 0 Å². The maximum Gasteiger partial charge on any atom is 0.157 e. The molecule has 5 aliphatic rings. The molecule has 142 valence electrons. The Morgan fingerprint density at radius 1 is 1.15 bits per heavy atom. The minimum atomic E-state index is 0.0304. The highest BCUT2D eigenvalue weighted by Crippen LogP contribution is 2.61. The molecule has 1 saturated heterocycles. The number of carbonyl (C=O) groups is 1. The fraction of sp³-hybridized carbons (Fsp3) is 0.783. The highest BCUT2D eigenvalue weighted by atomic mass is 16.7. The Bertz CT molecular complexity index is 629. The predicted octanol–water partition coefficient (Wildman–Crippen LogP) is 4.82. The molecule has 0 amide bonds. The van der Waals surface area contributed by atoms with E-state index in [0.29, 0.717) is 23.7 Å². The topological polar surface area (TPSA) is 35.5 Å². The van der Waals surface area contributed by atoms with Crippen LogP contribution in [0.1, 0.15) is 64.7 Å². The maximum absolute atomic E-state index is 11.8. The van der Waals surface area contributed by atoms with Crippen molar-refractivity contribution in [2.24, 2.45) is 29.1 Å². The lowest BCUT2D eigenvalue weighted by Gasteiger charge is -2.52. The first-order chi connectivity index (χ1) is 12.6. The molecule has 0 radical (unpaired) electrons. The summed E-state index contributed by atoms with van der Waals surface area (Å²) >= 11 is 0. The van der Waals surface area contributed by atoms with E-state index in [2.05, 4.69) is 19.1 Å². The lowest BCUT2D eigenvalue weighted by molar-refractivity contribution is -0.213. The SMILES string of the molecule is C[C@]12CC[C@H]3[C@@H](C=CC4=CC(=O)CC[C@@H]43)[C@@H]1CC[C@@H]2OC1CCCCO1. The van der Waals surface area contributed by atoms with Gasteiger partial charge in [-0.3, -0.25) is 4.79 Å². The molecule has 4 aliphatic carbocycles. The summed E-state index contributed by atoms with van der Waals surface area (Å²) in [5, 5.41) is 0. The van der Waals surface area contributed by atoms with E-state index in [1.165, 1.54) is 44.1 Å². The molecule has 3 heteroatoms. The smallest absolute Gasteiger partial charge is 0.157 e. The molecule has 7 atom stereocenters. The van der Waals surface area contributed by atoms with Crippen LogP contribution >= 0.6 is 0 Å². The standard InChI is InChI=1S/C23H32O3/c1-23-12-11-18-17-8-6-16(24)14-15(17)5-7-19(18)20(23)9-10-21(23)26-22-4-2-3-13-25-22/h5,7,14,17-22H,2-4,6,8-13H2,1H3/t17-,18+,19+,20-,21-,22?,23-/m0/s1. The van der Waals surface area contributed by atoms with Gasteiger partial charge >= 0.3 is 0 Å². The third kappa shape index (κ3) is 2.74. The molecule has 0 spiro atoms. The van der Waals surface area contributed by atoms with Gasteiger partial charge in [-0.05, 0) is 92.1 Å². The second kappa shape index (κ2) is 6.60. The van der Waals surface area contributed by atoms with Crippen LogP contribution in [0.5, 0.6) is 0 Å². The maximum atomic E-state index is 11.8. The zero-order chi connectivity index (χ0) is 17.7. The zero-order valence-corrected chi connectivity index (χ0v) is 16.0. The van der Waals surface area contributed by atoms with Gasteiger partial charge in [0.25, 0.3) is 0 Å². The average molecular weight is 357 g/mol. The summed E-state index contributed by atoms with van der Waals surface area (Å²) in [4.78, 5) is 11.8. The van der Waals surface area contributed by atoms with Crippen molar-refractivity contribution in [3.05, 3.63) is 23.8 Å². The van der Waals surface area contributed by atoms with Crippen LogP contribution in [0.25, 0.3) is 0 Å². The molecule has 0 N–H and O–H groups in total. The van der Waals surface area contributed by atoms with Gasteiger partial charge in [0.1, 0.15) is 0 Å². The highest BCUT2D eigenvalue weighted by Gasteiger charge is 2.56. The number of allylic oxidation sites excluding steroid dienone is 4. The van der Waals surface area contributed by atoms with Crippen molar-refractivity contribution in [3.8, 4) is 0 Å². The number of hydrogen-bond acceptors (Lipinski definition) is 3. The van der Waals surface area contributed by atoms with Crippen molar-refractivity contribution in [2.45, 2.75) is 77.1 Å². The lowest BCUT2D eigenvalue weighted by Crippen LogP contribution is -2.47. The molecular weight excluding hydrogens is 324 g/mol. The van der Waals surface area contributed by atoms with Crippen LogP contribution in [0.15, 0.2) is 23.8 Å². The number of fused-ring (bicyclic) bond motifs is 5. The quantitative estimate of drug-likeness (QED) is 0.712. The Labute approximate surface area is 157 Å². The minimum Gasteiger partial charge on any atom is -0.353 e. The van der Waals surface area contributed by atoms with E-state index >= 15 is 0 Å². The molecule has 3 nitrogen and oxygen atoms in total. The second-order valence-electron chi connectivity index (χ2n) is 9.51. The van der Waals surface area contributed by atoms with Crippen LogP contribution in [0.4, 0.5) is 0 Å². The molecule has 0 bridgehead atoms. The van der Waals surface area contributed by atoms with Gasteiger partial charge in [0.05, 0.1) is 6.10 Å². The van der Waals surface area contributed by atoms with E-state index in [1.54, 1.807) is 0 Å². The van der Waals surface area contributed by atoms with Crippen LogP contribution in [0, 0.1) is 29.1 Å².